The fourth-order valence-corrected chi connectivity index (χ4v) is 4.92. The molecule has 4 amide bonds. The minimum Gasteiger partial charge on any atom is -0.467 e. The Morgan fingerprint density at radius 2 is 1.92 bits per heavy atom. The minimum atomic E-state index is -0.882. The van der Waals surface area contributed by atoms with E-state index in [0.717, 1.165) is 5.57 Å². The molecular weight excluding hydrogens is 477 g/mol. The highest BCUT2D eigenvalue weighted by molar-refractivity contribution is 5.92. The number of halogens is 1. The van der Waals surface area contributed by atoms with Crippen molar-refractivity contribution in [1.82, 2.24) is 25.1 Å². The van der Waals surface area contributed by atoms with Crippen molar-refractivity contribution < 1.29 is 23.2 Å². The van der Waals surface area contributed by atoms with Crippen LogP contribution in [0.3, 0.4) is 0 Å². The van der Waals surface area contributed by atoms with Crippen LogP contribution in [0.5, 0.6) is 0 Å². The van der Waals surface area contributed by atoms with Crippen LogP contribution in [0.25, 0.3) is 0 Å². The number of rotatable bonds is 5. The molecule has 5 rings (SSSR count). The molecule has 1 aliphatic carbocycles. The Morgan fingerprint density at radius 3 is 2.68 bits per heavy atom. The molecule has 0 spiro atoms. The van der Waals surface area contributed by atoms with E-state index in [1.165, 1.54) is 22.1 Å². The molecule has 0 saturated carbocycles. The predicted molar refractivity (Wildman–Crippen MR) is 133 cm³/mol. The number of urea groups is 1. The van der Waals surface area contributed by atoms with Gasteiger partial charge in [-0.1, -0.05) is 42.5 Å². The van der Waals surface area contributed by atoms with Crippen molar-refractivity contribution in [3.8, 4) is 0 Å². The fourth-order valence-electron chi connectivity index (χ4n) is 4.92. The Labute approximate surface area is 214 Å². The summed E-state index contributed by atoms with van der Waals surface area (Å²) in [7, 11) is 1.67. The summed E-state index contributed by atoms with van der Waals surface area (Å²) in [4.78, 5) is 43.6. The number of allylic oxidation sites excluding steroid dienone is 4. The number of carbonyl (C=O) groups is 3. The van der Waals surface area contributed by atoms with Crippen molar-refractivity contribution in [2.45, 2.75) is 25.2 Å². The van der Waals surface area contributed by atoms with Crippen molar-refractivity contribution in [2.24, 2.45) is 0 Å². The van der Waals surface area contributed by atoms with Crippen LogP contribution in [-0.2, 0) is 16.1 Å². The van der Waals surface area contributed by atoms with Crippen LogP contribution in [0.2, 0.25) is 0 Å². The van der Waals surface area contributed by atoms with Gasteiger partial charge >= 0.3 is 6.03 Å². The number of hydrazine groups is 1. The zero-order valence-electron chi connectivity index (χ0n) is 20.4. The number of furan rings is 1. The van der Waals surface area contributed by atoms with Crippen molar-refractivity contribution in [3.63, 3.8) is 0 Å². The van der Waals surface area contributed by atoms with Gasteiger partial charge in [0, 0.05) is 13.6 Å². The predicted octanol–water partition coefficient (Wildman–Crippen LogP) is 3.13. The number of nitrogens with zero attached hydrogens (tertiary/aromatic N) is 4. The van der Waals surface area contributed by atoms with Crippen LogP contribution in [0.4, 0.5) is 9.18 Å². The van der Waals surface area contributed by atoms with Crippen molar-refractivity contribution >= 4 is 17.8 Å². The van der Waals surface area contributed by atoms with E-state index >= 15 is 0 Å². The Morgan fingerprint density at radius 1 is 1.11 bits per heavy atom. The maximum atomic E-state index is 13.7. The summed E-state index contributed by atoms with van der Waals surface area (Å²) in [5.74, 6) is -0.196. The van der Waals surface area contributed by atoms with Crippen molar-refractivity contribution in [2.75, 3.05) is 26.7 Å². The summed E-state index contributed by atoms with van der Waals surface area (Å²) >= 11 is 0. The first-order valence-electron chi connectivity index (χ1n) is 12.1. The summed E-state index contributed by atoms with van der Waals surface area (Å²) < 4.78 is 19.0. The van der Waals surface area contributed by atoms with Gasteiger partial charge in [0.05, 0.1) is 25.9 Å². The maximum Gasteiger partial charge on any atom is 0.334 e. The van der Waals surface area contributed by atoms with Gasteiger partial charge in [-0.3, -0.25) is 9.59 Å². The molecule has 3 heterocycles. The average molecular weight is 506 g/mol. The van der Waals surface area contributed by atoms with Gasteiger partial charge in [-0.05, 0) is 41.8 Å². The van der Waals surface area contributed by atoms with Gasteiger partial charge in [0.25, 0.3) is 5.91 Å². The second kappa shape index (κ2) is 10.4. The van der Waals surface area contributed by atoms with Gasteiger partial charge in [-0.15, -0.1) is 0 Å². The zero-order chi connectivity index (χ0) is 25.9. The number of hydrogen-bond acceptors (Lipinski definition) is 5. The molecule has 1 aromatic heterocycles. The molecule has 0 bridgehead atoms. The molecule has 2 fully saturated rings. The summed E-state index contributed by atoms with van der Waals surface area (Å²) in [5, 5.41) is 5.94. The molecule has 192 valence electrons. The lowest BCUT2D eigenvalue weighted by molar-refractivity contribution is -0.188. The molecule has 10 heteroatoms. The lowest BCUT2D eigenvalue weighted by atomic mass is 9.98. The van der Waals surface area contributed by atoms with Gasteiger partial charge in [0.2, 0.25) is 5.91 Å². The van der Waals surface area contributed by atoms with Crippen LogP contribution >= 0.6 is 0 Å². The maximum absolute atomic E-state index is 13.7. The number of nitrogens with one attached hydrogen (secondary N) is 1. The number of fused-ring (bicyclic) bond motifs is 1. The van der Waals surface area contributed by atoms with E-state index in [9.17, 15) is 18.8 Å². The van der Waals surface area contributed by atoms with E-state index < -0.39 is 18.2 Å². The molecule has 2 aliphatic heterocycles. The van der Waals surface area contributed by atoms with Gasteiger partial charge in [0.1, 0.15) is 23.8 Å². The number of piperazine rings is 1. The number of carbonyl (C=O) groups excluding carboxylic acids is 3. The van der Waals surface area contributed by atoms with Crippen molar-refractivity contribution in [1.29, 1.82) is 0 Å². The molecule has 2 saturated heterocycles. The van der Waals surface area contributed by atoms with Crippen molar-refractivity contribution in [3.05, 3.63) is 95.8 Å². The van der Waals surface area contributed by atoms with Gasteiger partial charge in [-0.2, -0.15) is 0 Å². The van der Waals surface area contributed by atoms with E-state index in [0.29, 0.717) is 17.7 Å². The monoisotopic (exact) mass is 505 g/mol. The lowest BCUT2D eigenvalue weighted by Crippen LogP contribution is -2.73. The summed E-state index contributed by atoms with van der Waals surface area (Å²) in [5.41, 5.74) is 1.44. The van der Waals surface area contributed by atoms with Crippen LogP contribution in [0.1, 0.15) is 23.8 Å². The van der Waals surface area contributed by atoms with E-state index in [-0.39, 0.29) is 43.8 Å². The molecule has 1 aromatic carbocycles. The number of amides is 4. The van der Waals surface area contributed by atoms with E-state index in [4.69, 9.17) is 4.42 Å². The molecule has 1 unspecified atom stereocenters. The largest absolute Gasteiger partial charge is 0.467 e. The third-order valence-electron chi connectivity index (χ3n) is 6.67. The average Bonchev–Trinajstić information content (AvgIpc) is 3.31. The Hall–Kier alpha value is -4.18. The normalized spacial score (nSPS) is 22.4. The molecule has 3 aliphatic rings. The number of benzene rings is 1. The van der Waals surface area contributed by atoms with Crippen LogP contribution in [-0.4, -0.2) is 70.5 Å². The molecule has 2 atom stereocenters. The van der Waals surface area contributed by atoms with Gasteiger partial charge < -0.3 is 19.5 Å². The Kier molecular flexibility index (Phi) is 6.91. The highest BCUT2D eigenvalue weighted by Crippen LogP contribution is 2.35. The van der Waals surface area contributed by atoms with E-state index in [1.807, 2.05) is 36.4 Å². The molecule has 0 radical (unpaired) electrons. The first-order chi connectivity index (χ1) is 17.9. The molecule has 2 aromatic rings. The van der Waals surface area contributed by atoms with Gasteiger partial charge in [0.15, 0.2) is 0 Å². The summed E-state index contributed by atoms with van der Waals surface area (Å²) in [6.07, 6.45) is 7.54. The van der Waals surface area contributed by atoms with E-state index in [1.54, 1.807) is 41.4 Å². The van der Waals surface area contributed by atoms with Crippen LogP contribution in [0, 0.1) is 0 Å². The molecule has 37 heavy (non-hydrogen) atoms. The third kappa shape index (κ3) is 5.05. The molecule has 9 nitrogen and oxygen atoms in total. The summed E-state index contributed by atoms with van der Waals surface area (Å²) in [6.45, 7) is 0.461. The number of hydrogen-bond donors (Lipinski definition) is 1. The Bertz CT molecular complexity index is 1260. The molecule has 1 N–H and O–H groups in total. The quantitative estimate of drug-likeness (QED) is 0.675. The SMILES string of the molecule is CN1CC(=O)N2C(CN(Cc3ccco3)C(=O)[C@@H]2c2ccccc2)N1C(=O)NCC1=CCC=C(F)C=C1. The smallest absolute Gasteiger partial charge is 0.334 e. The van der Waals surface area contributed by atoms with Crippen LogP contribution < -0.4 is 5.32 Å². The second-order valence-electron chi connectivity index (χ2n) is 9.15. The first kappa shape index (κ1) is 24.5. The minimum absolute atomic E-state index is 0.0591. The zero-order valence-corrected chi connectivity index (χ0v) is 20.4. The Balaban J connectivity index is 1.43. The first-order valence-corrected chi connectivity index (χ1v) is 12.1. The standard InChI is InChI=1S/C27H28FN5O4/c1-30-18-24(34)32-23(33(30)27(36)29-15-19-7-5-10-21(28)13-12-19)17-31(16-22-11-6-14-37-22)26(35)25(32)20-8-3-2-4-9-20/h2-4,6-14,23,25H,5,15-18H2,1H3,(H,29,36)/t23?,25-/m0/s1. The topological polar surface area (TPSA) is 89.3 Å². The molecular formula is C27H28FN5O4. The second-order valence-corrected chi connectivity index (χ2v) is 9.15. The third-order valence-corrected chi connectivity index (χ3v) is 6.67. The van der Waals surface area contributed by atoms with Gasteiger partial charge in [-0.25, -0.2) is 19.2 Å². The van der Waals surface area contributed by atoms with E-state index in [2.05, 4.69) is 5.32 Å². The number of likely N-dealkylation sites (N-methyl/N-ethyl adjacent to an activating group) is 1. The highest BCUT2D eigenvalue weighted by atomic mass is 19.1. The lowest BCUT2D eigenvalue weighted by Gasteiger charge is -2.54. The summed E-state index contributed by atoms with van der Waals surface area (Å²) in [6, 6.07) is 11.3. The van der Waals surface area contributed by atoms with Crippen LogP contribution in [0.15, 0.2) is 88.8 Å². The highest BCUT2D eigenvalue weighted by Gasteiger charge is 2.51. The fraction of sp³-hybridized carbons (Fsp3) is 0.296.